The Bertz CT molecular complexity index is 943. The normalized spacial score (nSPS) is 20.7. The molecule has 0 radical (unpaired) electrons. The van der Waals surface area contributed by atoms with Crippen molar-refractivity contribution >= 4 is 22.5 Å². The Hall–Kier alpha value is -2.67. The van der Waals surface area contributed by atoms with E-state index in [1.54, 1.807) is 6.20 Å². The van der Waals surface area contributed by atoms with Gasteiger partial charge in [-0.3, -0.25) is 9.89 Å². The lowest BCUT2D eigenvalue weighted by Crippen LogP contribution is -2.28. The Morgan fingerprint density at radius 1 is 1.38 bits per heavy atom. The van der Waals surface area contributed by atoms with Crippen molar-refractivity contribution in [3.8, 4) is 0 Å². The number of para-hydroxylation sites is 1. The number of H-pyrrole nitrogens is 2. The van der Waals surface area contributed by atoms with E-state index in [2.05, 4.69) is 39.4 Å². The number of benzene rings is 1. The summed E-state index contributed by atoms with van der Waals surface area (Å²) in [6.45, 7) is 5.68. The summed E-state index contributed by atoms with van der Waals surface area (Å²) in [7, 11) is 2.05. The van der Waals surface area contributed by atoms with Crippen molar-refractivity contribution in [1.82, 2.24) is 25.1 Å². The molecule has 7 nitrogen and oxygen atoms in total. The molecule has 1 saturated heterocycles. The molecule has 1 fully saturated rings. The van der Waals surface area contributed by atoms with E-state index in [0.29, 0.717) is 0 Å². The van der Waals surface area contributed by atoms with Crippen molar-refractivity contribution in [2.75, 3.05) is 25.5 Å². The van der Waals surface area contributed by atoms with Crippen LogP contribution in [0.2, 0.25) is 0 Å². The molecule has 2 atom stereocenters. The van der Waals surface area contributed by atoms with E-state index in [1.807, 2.05) is 25.1 Å². The first-order valence-corrected chi connectivity index (χ1v) is 9.03. The van der Waals surface area contributed by atoms with E-state index in [-0.39, 0.29) is 17.7 Å². The van der Waals surface area contributed by atoms with Gasteiger partial charge in [-0.15, -0.1) is 0 Å². The number of hydrogen-bond acceptors (Lipinski definition) is 4. The average molecular weight is 352 g/mol. The lowest BCUT2D eigenvalue weighted by molar-refractivity contribution is -0.119. The SMILES string of the molecule is CCc1nc([C@H]2CN(C)C[C@@H]2C(=O)Nc2cccc3cn[nH]c23)c(C)[nH]1. The Morgan fingerprint density at radius 2 is 2.23 bits per heavy atom. The topological polar surface area (TPSA) is 89.7 Å². The molecule has 0 saturated carbocycles. The van der Waals surface area contributed by atoms with Gasteiger partial charge in [0.1, 0.15) is 5.82 Å². The van der Waals surface area contributed by atoms with E-state index in [0.717, 1.165) is 53.3 Å². The highest BCUT2D eigenvalue weighted by Crippen LogP contribution is 2.34. The molecule has 3 N–H and O–H groups in total. The van der Waals surface area contributed by atoms with Crippen LogP contribution in [-0.2, 0) is 11.2 Å². The Balaban J connectivity index is 1.61. The second-order valence-corrected chi connectivity index (χ2v) is 7.11. The highest BCUT2D eigenvalue weighted by Gasteiger charge is 2.39. The number of hydrogen-bond donors (Lipinski definition) is 3. The Labute approximate surface area is 152 Å². The van der Waals surface area contributed by atoms with Gasteiger partial charge in [0.05, 0.1) is 29.0 Å². The number of nitrogens with one attached hydrogen (secondary N) is 3. The Morgan fingerprint density at radius 3 is 3.00 bits per heavy atom. The van der Waals surface area contributed by atoms with Gasteiger partial charge >= 0.3 is 0 Å². The van der Waals surface area contributed by atoms with Gasteiger partial charge in [0.2, 0.25) is 5.91 Å². The first-order valence-electron chi connectivity index (χ1n) is 9.03. The molecule has 3 heterocycles. The molecule has 0 spiro atoms. The molecule has 136 valence electrons. The van der Waals surface area contributed by atoms with Crippen LogP contribution >= 0.6 is 0 Å². The van der Waals surface area contributed by atoms with Crippen molar-refractivity contribution in [3.05, 3.63) is 41.6 Å². The molecule has 1 aliphatic heterocycles. The van der Waals surface area contributed by atoms with Gasteiger partial charge in [-0.05, 0) is 20.0 Å². The number of fused-ring (bicyclic) bond motifs is 1. The minimum atomic E-state index is -0.134. The molecule has 0 aliphatic carbocycles. The molecule has 1 amide bonds. The highest BCUT2D eigenvalue weighted by atomic mass is 16.2. The lowest BCUT2D eigenvalue weighted by atomic mass is 9.91. The monoisotopic (exact) mass is 352 g/mol. The molecule has 0 bridgehead atoms. The van der Waals surface area contributed by atoms with E-state index in [9.17, 15) is 4.79 Å². The minimum Gasteiger partial charge on any atom is -0.346 e. The van der Waals surface area contributed by atoms with Gasteiger partial charge in [-0.2, -0.15) is 5.10 Å². The number of nitrogens with zero attached hydrogens (tertiary/aromatic N) is 3. The summed E-state index contributed by atoms with van der Waals surface area (Å²) in [4.78, 5) is 23.4. The number of carbonyl (C=O) groups excluding carboxylic acids is 1. The van der Waals surface area contributed by atoms with Crippen LogP contribution in [0.3, 0.4) is 0 Å². The van der Waals surface area contributed by atoms with E-state index >= 15 is 0 Å². The number of likely N-dealkylation sites (tertiary alicyclic amines) is 1. The van der Waals surface area contributed by atoms with Crippen molar-refractivity contribution < 1.29 is 4.79 Å². The first kappa shape index (κ1) is 16.8. The van der Waals surface area contributed by atoms with Crippen LogP contribution < -0.4 is 5.32 Å². The largest absolute Gasteiger partial charge is 0.346 e. The third-order valence-electron chi connectivity index (χ3n) is 5.23. The van der Waals surface area contributed by atoms with Crippen LogP contribution in [0.5, 0.6) is 0 Å². The summed E-state index contributed by atoms with van der Waals surface area (Å²) in [6.07, 6.45) is 2.62. The van der Waals surface area contributed by atoms with Crippen molar-refractivity contribution in [2.45, 2.75) is 26.2 Å². The van der Waals surface area contributed by atoms with Gasteiger partial charge in [0, 0.05) is 36.5 Å². The van der Waals surface area contributed by atoms with Crippen LogP contribution in [0, 0.1) is 12.8 Å². The predicted molar refractivity (Wildman–Crippen MR) is 101 cm³/mol. The zero-order chi connectivity index (χ0) is 18.3. The summed E-state index contributed by atoms with van der Waals surface area (Å²) in [6, 6.07) is 5.80. The van der Waals surface area contributed by atoms with Gasteiger partial charge < -0.3 is 15.2 Å². The van der Waals surface area contributed by atoms with Crippen molar-refractivity contribution in [3.63, 3.8) is 0 Å². The second kappa shape index (κ2) is 6.57. The van der Waals surface area contributed by atoms with Crippen LogP contribution in [0.4, 0.5) is 5.69 Å². The maximum Gasteiger partial charge on any atom is 0.229 e. The molecular weight excluding hydrogens is 328 g/mol. The Kier molecular flexibility index (Phi) is 4.24. The first-order chi connectivity index (χ1) is 12.6. The van der Waals surface area contributed by atoms with Crippen LogP contribution in [-0.4, -0.2) is 51.1 Å². The van der Waals surface area contributed by atoms with E-state index < -0.39 is 0 Å². The maximum atomic E-state index is 13.1. The second-order valence-electron chi connectivity index (χ2n) is 7.11. The summed E-state index contributed by atoms with van der Waals surface area (Å²) in [5.74, 6) is 0.970. The summed E-state index contributed by atoms with van der Waals surface area (Å²) in [5.41, 5.74) is 3.71. The number of carbonyl (C=O) groups is 1. The van der Waals surface area contributed by atoms with Gasteiger partial charge in [-0.1, -0.05) is 19.1 Å². The van der Waals surface area contributed by atoms with Gasteiger partial charge in [0.15, 0.2) is 0 Å². The smallest absolute Gasteiger partial charge is 0.229 e. The van der Waals surface area contributed by atoms with Crippen LogP contribution in [0.1, 0.15) is 30.1 Å². The number of imidazole rings is 1. The third-order valence-corrected chi connectivity index (χ3v) is 5.23. The highest BCUT2D eigenvalue weighted by molar-refractivity contribution is 6.01. The minimum absolute atomic E-state index is 0.0295. The summed E-state index contributed by atoms with van der Waals surface area (Å²) < 4.78 is 0. The van der Waals surface area contributed by atoms with Crippen LogP contribution in [0.25, 0.3) is 10.9 Å². The quantitative estimate of drug-likeness (QED) is 0.673. The molecule has 0 unspecified atom stereocenters. The fourth-order valence-corrected chi connectivity index (χ4v) is 3.91. The zero-order valence-electron chi connectivity index (χ0n) is 15.3. The predicted octanol–water partition coefficient (Wildman–Crippen LogP) is 2.44. The molecular formula is C19H24N6O. The molecule has 3 aromatic rings. The molecule has 1 aliphatic rings. The molecule has 2 aromatic heterocycles. The summed E-state index contributed by atoms with van der Waals surface area (Å²) >= 11 is 0. The van der Waals surface area contributed by atoms with Gasteiger partial charge in [-0.25, -0.2) is 4.98 Å². The fourth-order valence-electron chi connectivity index (χ4n) is 3.91. The number of rotatable bonds is 4. The third kappa shape index (κ3) is 2.88. The standard InChI is InChI=1S/C19H24N6O/c1-4-16-21-11(2)17(23-16)13-9-25(3)10-14(13)19(26)22-15-7-5-6-12-8-20-24-18(12)15/h5-8,13-14H,4,9-10H2,1-3H3,(H,20,24)(H,21,23)(H,22,26)/t13-,14-/m0/s1. The van der Waals surface area contributed by atoms with Crippen molar-refractivity contribution in [1.29, 1.82) is 0 Å². The lowest BCUT2D eigenvalue weighted by Gasteiger charge is -2.17. The number of aryl methyl sites for hydroxylation is 2. The number of amides is 1. The maximum absolute atomic E-state index is 13.1. The number of anilines is 1. The fraction of sp³-hybridized carbons (Fsp3) is 0.421. The molecule has 26 heavy (non-hydrogen) atoms. The zero-order valence-corrected chi connectivity index (χ0v) is 15.3. The number of aromatic nitrogens is 4. The van der Waals surface area contributed by atoms with Gasteiger partial charge in [0.25, 0.3) is 0 Å². The van der Waals surface area contributed by atoms with E-state index in [1.165, 1.54) is 0 Å². The average Bonchev–Trinajstić information content (AvgIpc) is 3.32. The van der Waals surface area contributed by atoms with Crippen LogP contribution in [0.15, 0.2) is 24.4 Å². The molecule has 4 rings (SSSR count). The molecule has 1 aromatic carbocycles. The van der Waals surface area contributed by atoms with Crippen molar-refractivity contribution in [2.24, 2.45) is 5.92 Å². The molecule has 7 heteroatoms. The number of likely N-dealkylation sites (N-methyl/N-ethyl adjacent to an activating group) is 1. The van der Waals surface area contributed by atoms with E-state index in [4.69, 9.17) is 4.98 Å². The summed E-state index contributed by atoms with van der Waals surface area (Å²) in [5, 5.41) is 11.1. The number of aromatic amines is 2.